The van der Waals surface area contributed by atoms with Crippen LogP contribution in [-0.2, 0) is 9.59 Å². The molecule has 4 unspecified atom stereocenters. The van der Waals surface area contributed by atoms with Gasteiger partial charge in [-0.25, -0.2) is 4.90 Å². The van der Waals surface area contributed by atoms with Crippen LogP contribution >= 0.6 is 0 Å². The number of ketones is 2. The number of amides is 2. The molecule has 0 N–H and O–H groups in total. The van der Waals surface area contributed by atoms with E-state index in [2.05, 4.69) is 0 Å². The van der Waals surface area contributed by atoms with E-state index in [9.17, 15) is 19.2 Å². The van der Waals surface area contributed by atoms with E-state index in [1.807, 2.05) is 47.4 Å². The van der Waals surface area contributed by atoms with Gasteiger partial charge >= 0.3 is 0 Å². The molecule has 4 atom stereocenters. The zero-order valence-electron chi connectivity index (χ0n) is 19.0. The maximum atomic E-state index is 13.9. The van der Waals surface area contributed by atoms with E-state index in [1.165, 1.54) is 11.8 Å². The van der Waals surface area contributed by atoms with E-state index < -0.39 is 23.9 Å². The Morgan fingerprint density at radius 2 is 1.40 bits per heavy atom. The fourth-order valence-corrected chi connectivity index (χ4v) is 5.69. The molecule has 0 aliphatic carbocycles. The highest BCUT2D eigenvalue weighted by atomic mass is 16.2. The minimum atomic E-state index is -0.816. The van der Waals surface area contributed by atoms with Gasteiger partial charge in [0.15, 0.2) is 11.6 Å². The molecule has 3 aromatic rings. The van der Waals surface area contributed by atoms with Gasteiger partial charge in [-0.15, -0.1) is 0 Å². The standard InChI is InChI=1S/C29H22N2O4/c1-17(32)18-11-14-21(15-12-18)30-28(34)24-23-16-13-19-7-5-6-10-22(19)31(23)26(25(24)29(30)35)27(33)20-8-3-2-4-9-20/h2-16,23-26H,1H3. The third-order valence-corrected chi connectivity index (χ3v) is 7.27. The van der Waals surface area contributed by atoms with E-state index in [4.69, 9.17) is 0 Å². The minimum absolute atomic E-state index is 0.0948. The van der Waals surface area contributed by atoms with Crippen molar-refractivity contribution in [1.29, 1.82) is 0 Å². The highest BCUT2D eigenvalue weighted by molar-refractivity contribution is 6.25. The Labute approximate surface area is 202 Å². The van der Waals surface area contributed by atoms with Crippen molar-refractivity contribution in [2.75, 3.05) is 9.80 Å². The summed E-state index contributed by atoms with van der Waals surface area (Å²) in [4.78, 5) is 56.3. The van der Waals surface area contributed by atoms with Crippen LogP contribution in [0.15, 0.2) is 84.9 Å². The number of carbonyl (C=O) groups is 4. The lowest BCUT2D eigenvalue weighted by Crippen LogP contribution is -2.48. The number of nitrogens with zero attached hydrogens (tertiary/aromatic N) is 2. The van der Waals surface area contributed by atoms with Gasteiger partial charge < -0.3 is 4.90 Å². The summed E-state index contributed by atoms with van der Waals surface area (Å²) in [5, 5.41) is 0. The molecule has 6 rings (SSSR count). The lowest BCUT2D eigenvalue weighted by molar-refractivity contribution is -0.122. The van der Waals surface area contributed by atoms with E-state index in [0.29, 0.717) is 16.8 Å². The SMILES string of the molecule is CC(=O)c1ccc(N2C(=O)C3C(C2=O)C(C(=O)c2ccccc2)N2c4ccccc4C=CC32)cc1. The first-order valence-electron chi connectivity index (χ1n) is 11.6. The molecule has 0 radical (unpaired) electrons. The van der Waals surface area contributed by atoms with Gasteiger partial charge in [-0.05, 0) is 42.8 Å². The van der Waals surface area contributed by atoms with Gasteiger partial charge in [-0.3, -0.25) is 19.2 Å². The highest BCUT2D eigenvalue weighted by Crippen LogP contribution is 2.49. The van der Waals surface area contributed by atoms with Gasteiger partial charge in [0.05, 0.1) is 23.6 Å². The average molecular weight is 463 g/mol. The predicted octanol–water partition coefficient (Wildman–Crippen LogP) is 4.16. The van der Waals surface area contributed by atoms with E-state index >= 15 is 0 Å². The Morgan fingerprint density at radius 3 is 2.11 bits per heavy atom. The van der Waals surface area contributed by atoms with Crippen molar-refractivity contribution < 1.29 is 19.2 Å². The molecule has 0 saturated carbocycles. The van der Waals surface area contributed by atoms with Crippen molar-refractivity contribution in [3.8, 4) is 0 Å². The lowest BCUT2D eigenvalue weighted by Gasteiger charge is -2.36. The third-order valence-electron chi connectivity index (χ3n) is 7.27. The quantitative estimate of drug-likeness (QED) is 0.430. The second-order valence-electron chi connectivity index (χ2n) is 9.16. The number of fused-ring (bicyclic) bond motifs is 5. The molecule has 3 aromatic carbocycles. The number of imide groups is 1. The Balaban J connectivity index is 1.47. The summed E-state index contributed by atoms with van der Waals surface area (Å²) in [6.07, 6.45) is 3.90. The lowest BCUT2D eigenvalue weighted by atomic mass is 9.86. The van der Waals surface area contributed by atoms with Crippen molar-refractivity contribution in [3.63, 3.8) is 0 Å². The smallest absolute Gasteiger partial charge is 0.240 e. The first-order valence-corrected chi connectivity index (χ1v) is 11.6. The monoisotopic (exact) mass is 462 g/mol. The van der Waals surface area contributed by atoms with Gasteiger partial charge in [0, 0.05) is 16.8 Å². The summed E-state index contributed by atoms with van der Waals surface area (Å²) in [7, 11) is 0. The van der Waals surface area contributed by atoms with Crippen LogP contribution in [0.1, 0.15) is 33.2 Å². The molecule has 172 valence electrons. The summed E-state index contributed by atoms with van der Waals surface area (Å²) < 4.78 is 0. The number of carbonyl (C=O) groups excluding carboxylic acids is 4. The van der Waals surface area contributed by atoms with Crippen LogP contribution in [0.3, 0.4) is 0 Å². The highest BCUT2D eigenvalue weighted by Gasteiger charge is 2.64. The Morgan fingerprint density at radius 1 is 0.743 bits per heavy atom. The van der Waals surface area contributed by atoms with Gasteiger partial charge in [0.25, 0.3) is 0 Å². The zero-order valence-corrected chi connectivity index (χ0v) is 19.0. The molecule has 2 fully saturated rings. The van der Waals surface area contributed by atoms with Gasteiger partial charge in [0.2, 0.25) is 11.8 Å². The fraction of sp³-hybridized carbons (Fsp3) is 0.172. The second kappa shape index (κ2) is 7.87. The first-order chi connectivity index (χ1) is 17.0. The van der Waals surface area contributed by atoms with Crippen molar-refractivity contribution in [1.82, 2.24) is 0 Å². The van der Waals surface area contributed by atoms with Gasteiger partial charge in [-0.1, -0.05) is 60.7 Å². The molecular weight excluding hydrogens is 440 g/mol. The molecule has 2 saturated heterocycles. The van der Waals surface area contributed by atoms with Crippen LogP contribution in [0, 0.1) is 11.8 Å². The normalized spacial score (nSPS) is 24.3. The topological polar surface area (TPSA) is 74.8 Å². The number of para-hydroxylation sites is 1. The van der Waals surface area contributed by atoms with Crippen LogP contribution in [0.25, 0.3) is 6.08 Å². The number of hydrogen-bond donors (Lipinski definition) is 0. The maximum absolute atomic E-state index is 13.9. The van der Waals surface area contributed by atoms with E-state index in [1.54, 1.807) is 48.5 Å². The number of hydrogen-bond acceptors (Lipinski definition) is 5. The summed E-state index contributed by atoms with van der Waals surface area (Å²) in [5.74, 6) is -2.48. The van der Waals surface area contributed by atoms with Crippen LogP contribution in [0.4, 0.5) is 11.4 Å². The number of rotatable bonds is 4. The molecule has 6 nitrogen and oxygen atoms in total. The van der Waals surface area contributed by atoms with Crippen molar-refractivity contribution in [2.45, 2.75) is 19.0 Å². The largest absolute Gasteiger partial charge is 0.352 e. The average Bonchev–Trinajstić information content (AvgIpc) is 3.37. The molecule has 0 spiro atoms. The van der Waals surface area contributed by atoms with E-state index in [0.717, 1.165) is 11.3 Å². The van der Waals surface area contributed by atoms with Crippen molar-refractivity contribution >= 4 is 40.8 Å². The van der Waals surface area contributed by atoms with Crippen molar-refractivity contribution in [3.05, 3.63) is 102 Å². The second-order valence-corrected chi connectivity index (χ2v) is 9.16. The number of Topliss-reactive ketones (excluding diaryl/α,β-unsaturated/α-hetero) is 2. The van der Waals surface area contributed by atoms with Crippen LogP contribution in [-0.4, -0.2) is 35.5 Å². The summed E-state index contributed by atoms with van der Waals surface area (Å²) in [6, 6.07) is 21.9. The third kappa shape index (κ3) is 3.10. The summed E-state index contributed by atoms with van der Waals surface area (Å²) in [6.45, 7) is 1.47. The zero-order chi connectivity index (χ0) is 24.3. The Hall–Kier alpha value is -4.32. The predicted molar refractivity (Wildman–Crippen MR) is 132 cm³/mol. The number of anilines is 2. The Bertz CT molecular complexity index is 1410. The molecule has 6 heteroatoms. The van der Waals surface area contributed by atoms with E-state index in [-0.39, 0.29) is 23.4 Å². The summed E-state index contributed by atoms with van der Waals surface area (Å²) >= 11 is 0. The van der Waals surface area contributed by atoms with Gasteiger partial charge in [-0.2, -0.15) is 0 Å². The Kier molecular flexibility index (Phi) is 4.78. The van der Waals surface area contributed by atoms with Crippen molar-refractivity contribution in [2.24, 2.45) is 11.8 Å². The molecule has 0 bridgehead atoms. The van der Waals surface area contributed by atoms with Crippen LogP contribution < -0.4 is 9.80 Å². The van der Waals surface area contributed by atoms with Gasteiger partial charge in [0.1, 0.15) is 6.04 Å². The number of benzene rings is 3. The molecule has 3 aliphatic rings. The first kappa shape index (κ1) is 21.2. The molecule has 2 amide bonds. The molecule has 0 aromatic heterocycles. The molecule has 35 heavy (non-hydrogen) atoms. The van der Waals surface area contributed by atoms with Crippen LogP contribution in [0.5, 0.6) is 0 Å². The van der Waals surface area contributed by atoms with Crippen LogP contribution in [0.2, 0.25) is 0 Å². The molecule has 3 heterocycles. The fourth-order valence-electron chi connectivity index (χ4n) is 5.69. The molecule has 3 aliphatic heterocycles. The maximum Gasteiger partial charge on any atom is 0.240 e. The minimum Gasteiger partial charge on any atom is -0.352 e. The molecular formula is C29H22N2O4. The summed E-state index contributed by atoms with van der Waals surface area (Å²) in [5.41, 5.74) is 3.22.